The van der Waals surface area contributed by atoms with Gasteiger partial charge in [0.05, 0.1) is 25.0 Å². The van der Waals surface area contributed by atoms with Crippen LogP contribution in [0.2, 0.25) is 5.02 Å². The number of nitrogens with one attached hydrogen (secondary N) is 1. The van der Waals surface area contributed by atoms with E-state index in [1.807, 2.05) is 61.5 Å². The SMILES string of the molecule is CCOC(=O)C1=C(C)NC2=C(C(=O)c3ccccc32)[C@@H]1c1ccc(OCc2ccccc2Cl)c(OC)c1. The minimum atomic E-state index is -0.637. The molecule has 0 bridgehead atoms. The van der Waals surface area contributed by atoms with Gasteiger partial charge in [-0.05, 0) is 37.6 Å². The second-order valence-corrected chi connectivity index (χ2v) is 9.18. The third-order valence-electron chi connectivity index (χ3n) is 6.61. The number of benzene rings is 3. The van der Waals surface area contributed by atoms with Crippen molar-refractivity contribution in [3.05, 3.63) is 111 Å². The van der Waals surface area contributed by atoms with Gasteiger partial charge in [0.25, 0.3) is 0 Å². The van der Waals surface area contributed by atoms with Crippen LogP contribution in [0.25, 0.3) is 5.70 Å². The molecule has 6 nitrogen and oxygen atoms in total. The lowest BCUT2D eigenvalue weighted by atomic mass is 9.79. The van der Waals surface area contributed by atoms with Crippen molar-refractivity contribution in [2.75, 3.05) is 13.7 Å². The molecule has 1 aliphatic heterocycles. The van der Waals surface area contributed by atoms with E-state index in [0.29, 0.717) is 44.6 Å². The van der Waals surface area contributed by atoms with Gasteiger partial charge in [0, 0.05) is 38.9 Å². The van der Waals surface area contributed by atoms with Crippen LogP contribution in [0.1, 0.15) is 46.8 Å². The number of dihydropyridines is 1. The van der Waals surface area contributed by atoms with Gasteiger partial charge >= 0.3 is 5.97 Å². The van der Waals surface area contributed by atoms with Gasteiger partial charge in [-0.2, -0.15) is 0 Å². The van der Waals surface area contributed by atoms with Crippen molar-refractivity contribution in [1.29, 1.82) is 0 Å². The molecule has 0 saturated heterocycles. The highest BCUT2D eigenvalue weighted by atomic mass is 35.5. The fraction of sp³-hybridized carbons (Fsp3) is 0.200. The van der Waals surface area contributed by atoms with Crippen molar-refractivity contribution in [3.63, 3.8) is 0 Å². The number of halogens is 1. The predicted octanol–water partition coefficient (Wildman–Crippen LogP) is 6.06. The summed E-state index contributed by atoms with van der Waals surface area (Å²) in [5.41, 5.74) is 5.27. The molecule has 2 aliphatic rings. The Balaban J connectivity index is 1.57. The third kappa shape index (κ3) is 4.38. The van der Waals surface area contributed by atoms with Crippen molar-refractivity contribution in [3.8, 4) is 11.5 Å². The molecule has 0 aromatic heterocycles. The maximum Gasteiger partial charge on any atom is 0.336 e. The van der Waals surface area contributed by atoms with Crippen LogP contribution in [0.15, 0.2) is 83.6 Å². The number of esters is 1. The first kappa shape index (κ1) is 24.7. The highest BCUT2D eigenvalue weighted by Crippen LogP contribution is 2.48. The van der Waals surface area contributed by atoms with Crippen LogP contribution in [0, 0.1) is 0 Å². The average molecular weight is 516 g/mol. The van der Waals surface area contributed by atoms with Gasteiger partial charge < -0.3 is 19.5 Å². The molecule has 0 fully saturated rings. The number of ether oxygens (including phenoxy) is 3. The van der Waals surface area contributed by atoms with Gasteiger partial charge in [-0.1, -0.05) is 60.1 Å². The molecule has 0 spiro atoms. The van der Waals surface area contributed by atoms with Crippen LogP contribution in [0.3, 0.4) is 0 Å². The Bertz CT molecular complexity index is 1470. The molecule has 5 rings (SSSR count). The van der Waals surface area contributed by atoms with Crippen LogP contribution in [0.5, 0.6) is 11.5 Å². The molecule has 1 heterocycles. The zero-order chi connectivity index (χ0) is 26.1. The summed E-state index contributed by atoms with van der Waals surface area (Å²) in [6, 6.07) is 20.4. The molecule has 7 heteroatoms. The Labute approximate surface area is 220 Å². The summed E-state index contributed by atoms with van der Waals surface area (Å²) in [6.45, 7) is 4.07. The number of hydrogen-bond donors (Lipinski definition) is 1. The molecular weight excluding hydrogens is 490 g/mol. The van der Waals surface area contributed by atoms with E-state index in [1.54, 1.807) is 26.2 Å². The zero-order valence-corrected chi connectivity index (χ0v) is 21.5. The first-order chi connectivity index (χ1) is 17.9. The monoisotopic (exact) mass is 515 g/mol. The Morgan fingerprint density at radius 1 is 1.00 bits per heavy atom. The molecule has 37 heavy (non-hydrogen) atoms. The van der Waals surface area contributed by atoms with Gasteiger partial charge in [0.1, 0.15) is 6.61 Å². The number of carbonyl (C=O) groups excluding carboxylic acids is 2. The van der Waals surface area contributed by atoms with E-state index in [1.165, 1.54) is 0 Å². The molecule has 0 radical (unpaired) electrons. The molecular formula is C30H26ClNO5. The number of carbonyl (C=O) groups is 2. The molecule has 188 valence electrons. The van der Waals surface area contributed by atoms with Crippen molar-refractivity contribution >= 4 is 29.1 Å². The summed E-state index contributed by atoms with van der Waals surface area (Å²) < 4.78 is 17.1. The van der Waals surface area contributed by atoms with Crippen molar-refractivity contribution in [2.45, 2.75) is 26.4 Å². The quantitative estimate of drug-likeness (QED) is 0.386. The van der Waals surface area contributed by atoms with Crippen LogP contribution < -0.4 is 14.8 Å². The predicted molar refractivity (Wildman–Crippen MR) is 142 cm³/mol. The van der Waals surface area contributed by atoms with E-state index in [0.717, 1.165) is 16.7 Å². The largest absolute Gasteiger partial charge is 0.493 e. The number of Topliss-reactive ketones (excluding diaryl/α,β-unsaturated/α-hetero) is 1. The lowest BCUT2D eigenvalue weighted by Crippen LogP contribution is -2.29. The minimum absolute atomic E-state index is 0.115. The van der Waals surface area contributed by atoms with Gasteiger partial charge in [-0.3, -0.25) is 4.79 Å². The summed E-state index contributed by atoms with van der Waals surface area (Å²) in [6.07, 6.45) is 0. The van der Waals surface area contributed by atoms with E-state index < -0.39 is 11.9 Å². The van der Waals surface area contributed by atoms with Crippen LogP contribution in [-0.2, 0) is 16.1 Å². The number of rotatable bonds is 7. The molecule has 1 atom stereocenters. The fourth-order valence-electron chi connectivity index (χ4n) is 4.90. The summed E-state index contributed by atoms with van der Waals surface area (Å²) >= 11 is 6.28. The van der Waals surface area contributed by atoms with Gasteiger partial charge in [0.15, 0.2) is 17.3 Å². The second kappa shape index (κ2) is 10.1. The van der Waals surface area contributed by atoms with Gasteiger partial charge in [0.2, 0.25) is 0 Å². The molecule has 3 aromatic carbocycles. The normalized spacial score (nSPS) is 16.2. The minimum Gasteiger partial charge on any atom is -0.493 e. The van der Waals surface area contributed by atoms with Gasteiger partial charge in [-0.25, -0.2) is 4.79 Å². The zero-order valence-electron chi connectivity index (χ0n) is 20.8. The number of methoxy groups -OCH3 is 1. The van der Waals surface area contributed by atoms with Crippen LogP contribution >= 0.6 is 11.6 Å². The number of ketones is 1. The van der Waals surface area contributed by atoms with E-state index in [2.05, 4.69) is 5.32 Å². The van der Waals surface area contributed by atoms with E-state index in [9.17, 15) is 9.59 Å². The molecule has 1 aliphatic carbocycles. The Morgan fingerprint density at radius 3 is 2.46 bits per heavy atom. The number of fused-ring (bicyclic) bond motifs is 2. The standard InChI is InChI=1S/C30H26ClNO5/c1-4-36-30(34)25-17(2)32-28-20-10-6-7-11-21(20)29(33)27(28)26(25)18-13-14-23(24(15-18)35-3)37-16-19-9-5-8-12-22(19)31/h5-15,26,32H,4,16H2,1-3H3/t26-/m1/s1. The molecule has 3 aromatic rings. The van der Waals surface area contributed by atoms with E-state index in [4.69, 9.17) is 25.8 Å². The first-order valence-electron chi connectivity index (χ1n) is 12.0. The highest BCUT2D eigenvalue weighted by Gasteiger charge is 2.43. The Hall–Kier alpha value is -4.03. The lowest BCUT2D eigenvalue weighted by molar-refractivity contribution is -0.138. The van der Waals surface area contributed by atoms with E-state index >= 15 is 0 Å². The molecule has 1 N–H and O–H groups in total. The Morgan fingerprint density at radius 2 is 1.73 bits per heavy atom. The van der Waals surface area contributed by atoms with E-state index in [-0.39, 0.29) is 19.0 Å². The van der Waals surface area contributed by atoms with Crippen LogP contribution in [-0.4, -0.2) is 25.5 Å². The topological polar surface area (TPSA) is 73.9 Å². The maximum absolute atomic E-state index is 13.6. The molecule has 0 amide bonds. The Kier molecular flexibility index (Phi) is 6.76. The summed E-state index contributed by atoms with van der Waals surface area (Å²) in [5.74, 6) is -0.217. The van der Waals surface area contributed by atoms with Crippen LogP contribution in [0.4, 0.5) is 0 Å². The third-order valence-corrected chi connectivity index (χ3v) is 6.97. The summed E-state index contributed by atoms with van der Waals surface area (Å²) in [5, 5.41) is 3.92. The maximum atomic E-state index is 13.6. The molecule has 0 unspecified atom stereocenters. The molecule has 0 saturated carbocycles. The van der Waals surface area contributed by atoms with Gasteiger partial charge in [-0.15, -0.1) is 0 Å². The smallest absolute Gasteiger partial charge is 0.336 e. The fourth-order valence-corrected chi connectivity index (χ4v) is 5.09. The number of allylic oxidation sites excluding steroid dienone is 2. The van der Waals surface area contributed by atoms with Crippen molar-refractivity contribution in [1.82, 2.24) is 5.32 Å². The van der Waals surface area contributed by atoms with Crippen molar-refractivity contribution < 1.29 is 23.8 Å². The summed E-state index contributed by atoms with van der Waals surface area (Å²) in [4.78, 5) is 26.8. The number of hydrogen-bond acceptors (Lipinski definition) is 6. The lowest BCUT2D eigenvalue weighted by Gasteiger charge is -2.29. The summed E-state index contributed by atoms with van der Waals surface area (Å²) in [7, 11) is 1.55. The van der Waals surface area contributed by atoms with Crippen molar-refractivity contribution in [2.24, 2.45) is 0 Å². The first-order valence-corrected chi connectivity index (χ1v) is 12.4. The second-order valence-electron chi connectivity index (χ2n) is 8.77. The highest BCUT2D eigenvalue weighted by molar-refractivity contribution is 6.31. The average Bonchev–Trinajstić information content (AvgIpc) is 3.19.